The largest absolute Gasteiger partial charge is 0.321 e. The molecule has 0 amide bonds. The highest BCUT2D eigenvalue weighted by Crippen LogP contribution is 2.49. The van der Waals surface area contributed by atoms with E-state index in [9.17, 15) is 0 Å². The standard InChI is InChI=1S/C45H47BN2S2/c1-27(2)32-15-13-16-33(28(3)4)43(32)47-23-24-48(44-34(29(5)6)17-14-18-35(44)30(7)8)45(47)31-25-40-42-41(26-31)50-39-22-12-10-20-37(39)46(42)36-19-9-11-21-38(36)49-40/h9-30,45H,1-8H3. The summed E-state index contributed by atoms with van der Waals surface area (Å²) in [6, 6.07) is 37.1. The lowest BCUT2D eigenvalue weighted by atomic mass is 9.36. The van der Waals surface area contributed by atoms with Crippen LogP contribution in [0.1, 0.15) is 113 Å². The fourth-order valence-corrected chi connectivity index (χ4v) is 10.8. The van der Waals surface area contributed by atoms with Crippen molar-refractivity contribution in [3.05, 3.63) is 137 Å². The van der Waals surface area contributed by atoms with Gasteiger partial charge in [-0.05, 0) is 81.2 Å². The molecule has 3 aliphatic heterocycles. The molecule has 0 saturated heterocycles. The second kappa shape index (κ2) is 13.1. The first-order valence-corrected chi connectivity index (χ1v) is 20.0. The zero-order valence-electron chi connectivity index (χ0n) is 30.6. The molecular formula is C45H47BN2S2. The van der Waals surface area contributed by atoms with Gasteiger partial charge in [0.25, 0.3) is 0 Å². The lowest BCUT2D eigenvalue weighted by Crippen LogP contribution is -2.58. The van der Waals surface area contributed by atoms with E-state index in [2.05, 4.69) is 175 Å². The Bertz CT molecular complexity index is 1930. The predicted molar refractivity (Wildman–Crippen MR) is 218 cm³/mol. The molecule has 2 nitrogen and oxygen atoms in total. The summed E-state index contributed by atoms with van der Waals surface area (Å²) in [6.07, 6.45) is 4.70. The molecule has 3 heterocycles. The molecule has 8 rings (SSSR count). The predicted octanol–water partition coefficient (Wildman–Crippen LogP) is 11.1. The third kappa shape index (κ3) is 5.44. The minimum Gasteiger partial charge on any atom is -0.321 e. The second-order valence-electron chi connectivity index (χ2n) is 15.3. The molecule has 0 aromatic heterocycles. The second-order valence-corrected chi connectivity index (χ2v) is 17.5. The summed E-state index contributed by atoms with van der Waals surface area (Å²) in [4.78, 5) is 10.7. The van der Waals surface area contributed by atoms with Crippen LogP contribution in [0.5, 0.6) is 0 Å². The van der Waals surface area contributed by atoms with E-state index in [1.54, 1.807) is 0 Å². The van der Waals surface area contributed by atoms with E-state index in [0.717, 1.165) is 0 Å². The number of anilines is 2. The molecule has 0 radical (unpaired) electrons. The summed E-state index contributed by atoms with van der Waals surface area (Å²) in [6.45, 7) is 19.0. The maximum Gasteiger partial charge on any atom is 0.247 e. The van der Waals surface area contributed by atoms with Gasteiger partial charge >= 0.3 is 0 Å². The van der Waals surface area contributed by atoms with Crippen molar-refractivity contribution in [2.75, 3.05) is 9.80 Å². The summed E-state index contributed by atoms with van der Waals surface area (Å²) >= 11 is 3.91. The van der Waals surface area contributed by atoms with Gasteiger partial charge in [-0.3, -0.25) is 0 Å². The van der Waals surface area contributed by atoms with Crippen LogP contribution in [0.25, 0.3) is 0 Å². The van der Waals surface area contributed by atoms with Gasteiger partial charge in [0.2, 0.25) is 6.71 Å². The van der Waals surface area contributed by atoms with Gasteiger partial charge in [-0.1, -0.05) is 163 Å². The van der Waals surface area contributed by atoms with Gasteiger partial charge < -0.3 is 9.80 Å². The van der Waals surface area contributed by atoms with Crippen LogP contribution in [0, 0.1) is 0 Å². The van der Waals surface area contributed by atoms with Gasteiger partial charge in [0.1, 0.15) is 6.17 Å². The van der Waals surface area contributed by atoms with E-state index in [-0.39, 0.29) is 12.9 Å². The van der Waals surface area contributed by atoms with Gasteiger partial charge in [0, 0.05) is 43.4 Å². The maximum atomic E-state index is 2.61. The van der Waals surface area contributed by atoms with Crippen LogP contribution < -0.4 is 26.2 Å². The first kappa shape index (κ1) is 33.4. The summed E-state index contributed by atoms with van der Waals surface area (Å²) < 4.78 is 0. The van der Waals surface area contributed by atoms with Gasteiger partial charge in [0.15, 0.2) is 0 Å². The summed E-state index contributed by atoms with van der Waals surface area (Å²) in [5.74, 6) is 1.58. The van der Waals surface area contributed by atoms with Crippen LogP contribution in [-0.4, -0.2) is 6.71 Å². The molecule has 5 heteroatoms. The van der Waals surface area contributed by atoms with Crippen molar-refractivity contribution in [2.45, 2.75) is 105 Å². The van der Waals surface area contributed by atoms with Gasteiger partial charge in [0.05, 0.1) is 0 Å². The summed E-state index contributed by atoms with van der Waals surface area (Å²) in [5.41, 5.74) is 14.0. The first-order valence-electron chi connectivity index (χ1n) is 18.4. The van der Waals surface area contributed by atoms with E-state index in [1.165, 1.54) is 75.2 Å². The lowest BCUT2D eigenvalue weighted by Gasteiger charge is -2.40. The number of para-hydroxylation sites is 2. The number of fused-ring (bicyclic) bond motifs is 4. The highest BCUT2D eigenvalue weighted by Gasteiger charge is 2.41. The van der Waals surface area contributed by atoms with Crippen LogP contribution in [-0.2, 0) is 0 Å². The van der Waals surface area contributed by atoms with E-state index >= 15 is 0 Å². The van der Waals surface area contributed by atoms with Gasteiger partial charge in [-0.25, -0.2) is 0 Å². The smallest absolute Gasteiger partial charge is 0.247 e. The highest BCUT2D eigenvalue weighted by molar-refractivity contribution is 8.01. The maximum absolute atomic E-state index is 2.61. The molecule has 0 spiro atoms. The third-order valence-corrected chi connectivity index (χ3v) is 13.0. The summed E-state index contributed by atoms with van der Waals surface area (Å²) in [5, 5.41) is 0. The zero-order valence-corrected chi connectivity index (χ0v) is 32.2. The quantitative estimate of drug-likeness (QED) is 0.154. The Morgan fingerprint density at radius 1 is 0.480 bits per heavy atom. The van der Waals surface area contributed by atoms with Gasteiger partial charge in [-0.15, -0.1) is 0 Å². The van der Waals surface area contributed by atoms with Crippen molar-refractivity contribution >= 4 is 58.0 Å². The average molecular weight is 691 g/mol. The Morgan fingerprint density at radius 3 is 1.24 bits per heavy atom. The molecule has 5 aromatic carbocycles. The van der Waals surface area contributed by atoms with Crippen LogP contribution in [0.4, 0.5) is 11.4 Å². The van der Waals surface area contributed by atoms with Crippen LogP contribution >= 0.6 is 23.5 Å². The van der Waals surface area contributed by atoms with Gasteiger partial charge in [-0.2, -0.15) is 0 Å². The molecule has 0 unspecified atom stereocenters. The third-order valence-electron chi connectivity index (χ3n) is 10.7. The fraction of sp³-hybridized carbons (Fsp3) is 0.289. The van der Waals surface area contributed by atoms with E-state index in [4.69, 9.17) is 0 Å². The molecule has 0 N–H and O–H groups in total. The van der Waals surface area contributed by atoms with Crippen molar-refractivity contribution in [1.82, 2.24) is 0 Å². The number of nitrogens with zero attached hydrogens (tertiary/aromatic N) is 2. The molecule has 0 aliphatic carbocycles. The SMILES string of the molecule is CC(C)c1cccc(C(C)C)c1N1C=CN(c2c(C(C)C)cccc2C(C)C)C1c1cc2c3c(c1)Sc1ccccc1B3c1ccccc1S2. The monoisotopic (exact) mass is 690 g/mol. The topological polar surface area (TPSA) is 6.48 Å². The fourth-order valence-electron chi connectivity index (χ4n) is 8.34. The number of hydrogen-bond donors (Lipinski definition) is 0. The molecule has 0 atom stereocenters. The van der Waals surface area contributed by atoms with Crippen molar-refractivity contribution in [1.29, 1.82) is 0 Å². The molecule has 0 fully saturated rings. The Kier molecular flexibility index (Phi) is 8.72. The minimum atomic E-state index is -0.0414. The van der Waals surface area contributed by atoms with Crippen molar-refractivity contribution in [3.63, 3.8) is 0 Å². The van der Waals surface area contributed by atoms with Crippen LogP contribution in [0.15, 0.2) is 129 Å². The van der Waals surface area contributed by atoms with Crippen LogP contribution in [0.2, 0.25) is 0 Å². The molecule has 0 bridgehead atoms. The zero-order chi connectivity index (χ0) is 34.8. The Labute approximate surface area is 308 Å². The highest BCUT2D eigenvalue weighted by atomic mass is 32.2. The van der Waals surface area contributed by atoms with E-state index < -0.39 is 0 Å². The molecule has 50 heavy (non-hydrogen) atoms. The van der Waals surface area contributed by atoms with E-state index in [0.29, 0.717) is 23.7 Å². The first-order chi connectivity index (χ1) is 24.1. The van der Waals surface area contributed by atoms with Crippen LogP contribution in [0.3, 0.4) is 0 Å². The summed E-state index contributed by atoms with van der Waals surface area (Å²) in [7, 11) is 0. The Morgan fingerprint density at radius 2 is 0.860 bits per heavy atom. The molecular weight excluding hydrogens is 643 g/mol. The molecule has 3 aliphatic rings. The normalized spacial score (nSPS) is 15.1. The number of hydrogen-bond acceptors (Lipinski definition) is 4. The minimum absolute atomic E-state index is 0.0414. The Balaban J connectivity index is 1.39. The van der Waals surface area contributed by atoms with Crippen molar-refractivity contribution in [3.8, 4) is 0 Å². The Hall–Kier alpha value is -3.80. The lowest BCUT2D eigenvalue weighted by molar-refractivity contribution is 0.698. The number of rotatable bonds is 7. The van der Waals surface area contributed by atoms with Crippen molar-refractivity contribution < 1.29 is 0 Å². The molecule has 252 valence electrons. The molecule has 0 saturated carbocycles. The van der Waals surface area contributed by atoms with Crippen molar-refractivity contribution in [2.24, 2.45) is 0 Å². The van der Waals surface area contributed by atoms with E-state index in [1.807, 2.05) is 23.5 Å². The molecule has 5 aromatic rings. The number of benzene rings is 5. The average Bonchev–Trinajstić information content (AvgIpc) is 3.55.